The molecule has 9 nitrogen and oxygen atoms in total. The first-order chi connectivity index (χ1) is 13.3. The molecule has 4 amide bonds. The van der Waals surface area contributed by atoms with Crippen LogP contribution in [0, 0.1) is 13.8 Å². The number of rotatable bonds is 6. The smallest absolute Gasteiger partial charge is 0.325 e. The van der Waals surface area contributed by atoms with Crippen LogP contribution < -0.4 is 15.4 Å². The van der Waals surface area contributed by atoms with E-state index in [2.05, 4.69) is 20.8 Å². The van der Waals surface area contributed by atoms with E-state index in [0.717, 1.165) is 10.5 Å². The van der Waals surface area contributed by atoms with Crippen molar-refractivity contribution in [3.05, 3.63) is 34.3 Å². The van der Waals surface area contributed by atoms with Gasteiger partial charge in [-0.25, -0.2) is 4.79 Å². The van der Waals surface area contributed by atoms with Crippen LogP contribution in [0.1, 0.15) is 29.5 Å². The Kier molecular flexibility index (Phi) is 5.32. The lowest BCUT2D eigenvalue weighted by Gasteiger charge is -2.26. The summed E-state index contributed by atoms with van der Waals surface area (Å²) in [7, 11) is 1.57. The number of benzene rings is 1. The van der Waals surface area contributed by atoms with Crippen molar-refractivity contribution >= 4 is 34.3 Å². The predicted octanol–water partition coefficient (Wildman–Crippen LogP) is 1.96. The van der Waals surface area contributed by atoms with Crippen molar-refractivity contribution in [3.63, 3.8) is 0 Å². The number of amides is 4. The first kappa shape index (κ1) is 19.7. The van der Waals surface area contributed by atoms with Crippen molar-refractivity contribution in [2.45, 2.75) is 32.7 Å². The normalized spacial score (nSPS) is 18.9. The highest BCUT2D eigenvalue weighted by atomic mass is 32.1. The molecular formula is C18H21N5O4S. The van der Waals surface area contributed by atoms with Crippen LogP contribution in [0.4, 0.5) is 9.93 Å². The largest absolute Gasteiger partial charge is 0.496 e. The molecule has 2 heterocycles. The van der Waals surface area contributed by atoms with Crippen LogP contribution in [0.25, 0.3) is 0 Å². The number of imide groups is 1. The third-order valence-electron chi connectivity index (χ3n) is 4.67. The molecule has 0 bridgehead atoms. The Bertz CT molecular complexity index is 944. The maximum Gasteiger partial charge on any atom is 0.325 e. The van der Waals surface area contributed by atoms with E-state index in [4.69, 9.17) is 4.74 Å². The molecule has 1 aromatic carbocycles. The molecule has 0 aliphatic carbocycles. The lowest BCUT2D eigenvalue weighted by Crippen LogP contribution is -2.44. The molecule has 10 heteroatoms. The summed E-state index contributed by atoms with van der Waals surface area (Å²) in [4.78, 5) is 38.8. The van der Waals surface area contributed by atoms with Crippen molar-refractivity contribution in [3.8, 4) is 5.75 Å². The highest BCUT2D eigenvalue weighted by molar-refractivity contribution is 7.15. The molecule has 1 atom stereocenters. The Balaban J connectivity index is 1.82. The van der Waals surface area contributed by atoms with E-state index in [9.17, 15) is 14.4 Å². The number of anilines is 1. The maximum absolute atomic E-state index is 13.1. The highest BCUT2D eigenvalue weighted by Gasteiger charge is 2.51. The minimum absolute atomic E-state index is 0.321. The van der Waals surface area contributed by atoms with Crippen LogP contribution in [0.2, 0.25) is 0 Å². The molecule has 1 saturated heterocycles. The number of carbonyl (C=O) groups is 3. The van der Waals surface area contributed by atoms with E-state index in [1.165, 1.54) is 11.3 Å². The van der Waals surface area contributed by atoms with Gasteiger partial charge in [0.2, 0.25) is 11.0 Å². The molecule has 1 aromatic heterocycles. The quantitative estimate of drug-likeness (QED) is 0.713. The number of ether oxygens (including phenoxy) is 1. The summed E-state index contributed by atoms with van der Waals surface area (Å²) in [5, 5.41) is 14.0. The number of nitrogens with one attached hydrogen (secondary N) is 2. The first-order valence-corrected chi connectivity index (χ1v) is 9.51. The van der Waals surface area contributed by atoms with Gasteiger partial charge in [0.15, 0.2) is 0 Å². The number of hydrogen-bond acceptors (Lipinski definition) is 7. The Morgan fingerprint density at radius 2 is 2.07 bits per heavy atom. The van der Waals surface area contributed by atoms with Crippen LogP contribution in [0.3, 0.4) is 0 Å². The minimum atomic E-state index is -1.21. The number of methoxy groups -OCH3 is 1. The second kappa shape index (κ2) is 7.55. The summed E-state index contributed by atoms with van der Waals surface area (Å²) in [6.07, 6.45) is 0.344. The Hall–Kier alpha value is -3.01. The molecule has 1 aliphatic heterocycles. The van der Waals surface area contributed by atoms with Crippen molar-refractivity contribution in [2.24, 2.45) is 0 Å². The van der Waals surface area contributed by atoms with Crippen molar-refractivity contribution < 1.29 is 19.1 Å². The van der Waals surface area contributed by atoms with Crippen LogP contribution in [-0.2, 0) is 15.1 Å². The number of hydrogen-bond donors (Lipinski definition) is 2. The summed E-state index contributed by atoms with van der Waals surface area (Å²) >= 11 is 1.21. The van der Waals surface area contributed by atoms with Gasteiger partial charge in [-0.05, 0) is 43.5 Å². The van der Waals surface area contributed by atoms with Gasteiger partial charge in [-0.15, -0.1) is 10.2 Å². The van der Waals surface area contributed by atoms with E-state index < -0.39 is 29.9 Å². The van der Waals surface area contributed by atoms with Crippen molar-refractivity contribution in [2.75, 3.05) is 19.0 Å². The average molecular weight is 403 g/mol. The molecular weight excluding hydrogens is 382 g/mol. The molecule has 0 spiro atoms. The molecule has 0 radical (unpaired) electrons. The zero-order chi connectivity index (χ0) is 20.5. The van der Waals surface area contributed by atoms with Gasteiger partial charge in [0.25, 0.3) is 5.91 Å². The topological polar surface area (TPSA) is 114 Å². The Labute approximate surface area is 166 Å². The summed E-state index contributed by atoms with van der Waals surface area (Å²) in [5.74, 6) is -0.291. The number of nitrogens with zero attached hydrogens (tertiary/aromatic N) is 3. The summed E-state index contributed by atoms with van der Waals surface area (Å²) in [5.41, 5.74) is 0.278. The summed E-state index contributed by atoms with van der Waals surface area (Å²) < 4.78 is 5.26. The van der Waals surface area contributed by atoms with E-state index in [-0.39, 0.29) is 0 Å². The zero-order valence-electron chi connectivity index (χ0n) is 16.0. The molecule has 1 aliphatic rings. The van der Waals surface area contributed by atoms with Crippen LogP contribution in [0.15, 0.2) is 18.2 Å². The lowest BCUT2D eigenvalue weighted by molar-refractivity contribution is -0.134. The van der Waals surface area contributed by atoms with Gasteiger partial charge >= 0.3 is 6.03 Å². The van der Waals surface area contributed by atoms with Gasteiger partial charge in [-0.1, -0.05) is 24.3 Å². The third-order valence-corrected chi connectivity index (χ3v) is 5.42. The molecule has 148 valence electrons. The molecule has 28 heavy (non-hydrogen) atoms. The molecule has 3 rings (SSSR count). The van der Waals surface area contributed by atoms with E-state index in [1.807, 2.05) is 19.9 Å². The van der Waals surface area contributed by atoms with Crippen molar-refractivity contribution in [1.82, 2.24) is 20.4 Å². The summed E-state index contributed by atoms with van der Waals surface area (Å²) in [6, 6.07) is 4.72. The maximum atomic E-state index is 13.1. The molecule has 0 saturated carbocycles. The monoisotopic (exact) mass is 403 g/mol. The lowest BCUT2D eigenvalue weighted by atomic mass is 9.86. The van der Waals surface area contributed by atoms with Crippen LogP contribution in [0.5, 0.6) is 5.75 Å². The van der Waals surface area contributed by atoms with Crippen LogP contribution in [-0.4, -0.2) is 46.6 Å². The highest BCUT2D eigenvalue weighted by Crippen LogP contribution is 2.34. The van der Waals surface area contributed by atoms with E-state index >= 15 is 0 Å². The second-order valence-electron chi connectivity index (χ2n) is 6.44. The van der Waals surface area contributed by atoms with Crippen molar-refractivity contribution in [1.29, 1.82) is 0 Å². The minimum Gasteiger partial charge on any atom is -0.496 e. The number of aryl methyl sites for hydroxylation is 2. The number of urea groups is 1. The van der Waals surface area contributed by atoms with Gasteiger partial charge in [-0.2, -0.15) is 0 Å². The predicted molar refractivity (Wildman–Crippen MR) is 103 cm³/mol. The average Bonchev–Trinajstić information content (AvgIpc) is 3.17. The molecule has 2 N–H and O–H groups in total. The number of carbonyl (C=O) groups excluding carboxylic acids is 3. The van der Waals surface area contributed by atoms with Gasteiger partial charge in [-0.3, -0.25) is 19.8 Å². The van der Waals surface area contributed by atoms with Gasteiger partial charge in [0.1, 0.15) is 22.8 Å². The van der Waals surface area contributed by atoms with Gasteiger partial charge in [0.05, 0.1) is 7.11 Å². The van der Waals surface area contributed by atoms with E-state index in [1.54, 1.807) is 26.2 Å². The Morgan fingerprint density at radius 1 is 1.32 bits per heavy atom. The molecule has 2 aromatic rings. The molecule has 1 fully saturated rings. The van der Waals surface area contributed by atoms with E-state index in [0.29, 0.717) is 27.9 Å². The number of aromatic nitrogens is 2. The van der Waals surface area contributed by atoms with Crippen LogP contribution >= 0.6 is 11.3 Å². The fourth-order valence-electron chi connectivity index (χ4n) is 3.20. The second-order valence-corrected chi connectivity index (χ2v) is 7.62. The van der Waals surface area contributed by atoms with Gasteiger partial charge < -0.3 is 10.1 Å². The third kappa shape index (κ3) is 3.42. The van der Waals surface area contributed by atoms with Gasteiger partial charge in [0, 0.05) is 0 Å². The fraction of sp³-hybridized carbons (Fsp3) is 0.389. The Morgan fingerprint density at radius 3 is 2.64 bits per heavy atom. The fourth-order valence-corrected chi connectivity index (χ4v) is 3.81. The zero-order valence-corrected chi connectivity index (χ0v) is 16.8. The first-order valence-electron chi connectivity index (χ1n) is 8.70. The SMILES string of the molecule is CCC1(c2ccc(OC)c(C)c2)NC(=O)N(CC(=O)Nc2nnc(C)s2)C1=O. The summed E-state index contributed by atoms with van der Waals surface area (Å²) in [6.45, 7) is 5.03. The molecule has 1 unspecified atom stereocenters. The standard InChI is InChI=1S/C18H21N5O4S/c1-5-18(12-6-7-13(27-4)10(2)8-12)15(25)23(17(26)20-18)9-14(24)19-16-22-21-11(3)28-16/h6-8H,5,9H2,1-4H3,(H,20,26)(H,19,22,24).